The van der Waals surface area contributed by atoms with Gasteiger partial charge in [-0.25, -0.2) is 0 Å². The normalized spacial score (nSPS) is 22.0. The second-order valence-corrected chi connectivity index (χ2v) is 6.47. The maximum Gasteiger partial charge on any atom is 0.264 e. The van der Waals surface area contributed by atoms with Crippen LogP contribution in [0.1, 0.15) is 35.6 Å². The summed E-state index contributed by atoms with van der Waals surface area (Å²) in [5.74, 6) is 0.936. The topological polar surface area (TPSA) is 29.5 Å². The number of para-hydroxylation sites is 1. The first kappa shape index (κ1) is 14.3. The number of amides is 1. The fraction of sp³-hybridized carbons (Fsp3) is 0.350. The van der Waals surface area contributed by atoms with Crippen LogP contribution in [0, 0.1) is 0 Å². The molecule has 0 bridgehead atoms. The third-order valence-electron chi connectivity index (χ3n) is 5.08. The van der Waals surface area contributed by atoms with E-state index in [1.54, 1.807) is 0 Å². The highest BCUT2D eigenvalue weighted by molar-refractivity contribution is 5.83. The van der Waals surface area contributed by atoms with Crippen LogP contribution in [0.5, 0.6) is 5.75 Å². The van der Waals surface area contributed by atoms with Crippen molar-refractivity contribution < 1.29 is 9.53 Å². The Morgan fingerprint density at radius 3 is 2.65 bits per heavy atom. The number of likely N-dealkylation sites (N-methyl/N-ethyl adjacent to an activating group) is 1. The predicted molar refractivity (Wildman–Crippen MR) is 89.5 cm³/mol. The summed E-state index contributed by atoms with van der Waals surface area (Å²) >= 11 is 0. The quantitative estimate of drug-likeness (QED) is 0.849. The number of hydrogen-bond acceptors (Lipinski definition) is 2. The molecule has 0 fully saturated rings. The Hall–Kier alpha value is -2.29. The van der Waals surface area contributed by atoms with E-state index in [9.17, 15) is 4.79 Å². The van der Waals surface area contributed by atoms with Crippen molar-refractivity contribution in [2.45, 2.75) is 37.8 Å². The van der Waals surface area contributed by atoms with Crippen LogP contribution >= 0.6 is 0 Å². The molecule has 0 N–H and O–H groups in total. The molecule has 2 aliphatic rings. The summed E-state index contributed by atoms with van der Waals surface area (Å²) in [6, 6.07) is 16.6. The van der Waals surface area contributed by atoms with Crippen LogP contribution in [0.3, 0.4) is 0 Å². The van der Waals surface area contributed by atoms with Gasteiger partial charge in [0.1, 0.15) is 5.75 Å². The Morgan fingerprint density at radius 2 is 1.83 bits per heavy atom. The van der Waals surface area contributed by atoms with Crippen molar-refractivity contribution in [3.05, 3.63) is 65.2 Å². The molecule has 0 spiro atoms. The summed E-state index contributed by atoms with van der Waals surface area (Å²) in [6.45, 7) is 0. The Labute approximate surface area is 136 Å². The fourth-order valence-corrected chi connectivity index (χ4v) is 3.83. The molecule has 2 aromatic rings. The first-order valence-corrected chi connectivity index (χ1v) is 8.33. The Bertz CT molecular complexity index is 715. The Balaban J connectivity index is 1.54. The van der Waals surface area contributed by atoms with Crippen LogP contribution in [0.2, 0.25) is 0 Å². The van der Waals surface area contributed by atoms with Gasteiger partial charge in [0.05, 0.1) is 6.04 Å². The molecule has 1 aliphatic carbocycles. The van der Waals surface area contributed by atoms with Gasteiger partial charge in [-0.05, 0) is 42.0 Å². The number of rotatable bonds is 2. The molecule has 0 radical (unpaired) electrons. The first-order chi connectivity index (χ1) is 11.2. The van der Waals surface area contributed by atoms with Gasteiger partial charge in [-0.3, -0.25) is 4.79 Å². The minimum atomic E-state index is -0.383. The van der Waals surface area contributed by atoms with Gasteiger partial charge in [-0.15, -0.1) is 0 Å². The molecule has 0 saturated heterocycles. The van der Waals surface area contributed by atoms with E-state index in [0.29, 0.717) is 6.42 Å². The number of carbonyl (C=O) groups excluding carboxylic acids is 1. The number of hydrogen-bond donors (Lipinski definition) is 0. The molecule has 23 heavy (non-hydrogen) atoms. The summed E-state index contributed by atoms with van der Waals surface area (Å²) in [5.41, 5.74) is 3.80. The van der Waals surface area contributed by atoms with Crippen molar-refractivity contribution in [2.24, 2.45) is 0 Å². The Morgan fingerprint density at radius 1 is 1.09 bits per heavy atom. The second kappa shape index (κ2) is 5.73. The average Bonchev–Trinajstić information content (AvgIpc) is 3.04. The number of nitrogens with zero attached hydrogens (tertiary/aromatic N) is 1. The largest absolute Gasteiger partial charge is 0.480 e. The minimum Gasteiger partial charge on any atom is -0.480 e. The van der Waals surface area contributed by atoms with Crippen LogP contribution in [-0.4, -0.2) is 24.0 Å². The molecule has 2 aromatic carbocycles. The molecule has 3 nitrogen and oxygen atoms in total. The molecule has 2 atom stereocenters. The second-order valence-electron chi connectivity index (χ2n) is 6.47. The fourth-order valence-electron chi connectivity index (χ4n) is 3.83. The predicted octanol–water partition coefficient (Wildman–Crippen LogP) is 3.53. The molecular formula is C20H21NO2. The number of fused-ring (bicyclic) bond motifs is 2. The third-order valence-corrected chi connectivity index (χ3v) is 5.08. The average molecular weight is 307 g/mol. The van der Waals surface area contributed by atoms with E-state index >= 15 is 0 Å². The molecule has 1 aliphatic heterocycles. The molecular weight excluding hydrogens is 286 g/mol. The molecule has 4 rings (SSSR count). The summed E-state index contributed by atoms with van der Waals surface area (Å²) in [4.78, 5) is 14.8. The van der Waals surface area contributed by atoms with Gasteiger partial charge in [0.15, 0.2) is 6.10 Å². The van der Waals surface area contributed by atoms with Crippen molar-refractivity contribution in [3.63, 3.8) is 0 Å². The van der Waals surface area contributed by atoms with Gasteiger partial charge in [-0.1, -0.05) is 42.5 Å². The van der Waals surface area contributed by atoms with Gasteiger partial charge in [0, 0.05) is 13.5 Å². The van der Waals surface area contributed by atoms with Gasteiger partial charge < -0.3 is 9.64 Å². The zero-order chi connectivity index (χ0) is 15.8. The maximum atomic E-state index is 12.9. The molecule has 3 heteroatoms. The van der Waals surface area contributed by atoms with Crippen LogP contribution < -0.4 is 4.74 Å². The zero-order valence-electron chi connectivity index (χ0n) is 13.4. The van der Waals surface area contributed by atoms with Crippen LogP contribution in [0.15, 0.2) is 48.5 Å². The molecule has 0 saturated carbocycles. The summed E-state index contributed by atoms with van der Waals surface area (Å²) in [6.07, 6.45) is 3.56. The maximum absolute atomic E-state index is 12.9. The molecule has 1 amide bonds. The van der Waals surface area contributed by atoms with E-state index in [-0.39, 0.29) is 18.1 Å². The van der Waals surface area contributed by atoms with Gasteiger partial charge in [0.25, 0.3) is 5.91 Å². The van der Waals surface area contributed by atoms with Crippen molar-refractivity contribution in [3.8, 4) is 5.75 Å². The van der Waals surface area contributed by atoms with E-state index in [1.165, 1.54) is 11.1 Å². The van der Waals surface area contributed by atoms with Crippen molar-refractivity contribution >= 4 is 5.91 Å². The van der Waals surface area contributed by atoms with E-state index in [1.807, 2.05) is 36.2 Å². The highest BCUT2D eigenvalue weighted by Crippen LogP contribution is 2.35. The van der Waals surface area contributed by atoms with Gasteiger partial charge in [-0.2, -0.15) is 0 Å². The van der Waals surface area contributed by atoms with E-state index in [4.69, 9.17) is 4.74 Å². The molecule has 118 valence electrons. The number of benzene rings is 2. The zero-order valence-corrected chi connectivity index (χ0v) is 13.4. The lowest BCUT2D eigenvalue weighted by Crippen LogP contribution is -2.42. The first-order valence-electron chi connectivity index (χ1n) is 8.33. The number of aryl methyl sites for hydroxylation is 1. The highest BCUT2D eigenvalue weighted by Gasteiger charge is 2.35. The lowest BCUT2D eigenvalue weighted by Gasteiger charge is -2.34. The summed E-state index contributed by atoms with van der Waals surface area (Å²) in [5, 5.41) is 0. The smallest absolute Gasteiger partial charge is 0.264 e. The summed E-state index contributed by atoms with van der Waals surface area (Å²) in [7, 11) is 1.92. The van der Waals surface area contributed by atoms with Crippen LogP contribution in [-0.2, 0) is 17.6 Å². The molecule has 0 aromatic heterocycles. The highest BCUT2D eigenvalue weighted by atomic mass is 16.5. The SMILES string of the molecule is CN(C(=O)[C@@H]1Cc2ccccc2O1)[C@@H]1CCCc2ccccc21. The standard InChI is InChI=1S/C20H21NO2/c1-21(17-11-6-9-14-7-2-4-10-16(14)17)20(22)19-13-15-8-3-5-12-18(15)23-19/h2-5,7-8,10,12,17,19H,6,9,11,13H2,1H3/t17-,19+/m1/s1. The van der Waals surface area contributed by atoms with Gasteiger partial charge >= 0.3 is 0 Å². The van der Waals surface area contributed by atoms with Crippen molar-refractivity contribution in [1.29, 1.82) is 0 Å². The van der Waals surface area contributed by atoms with E-state index in [0.717, 1.165) is 30.6 Å². The van der Waals surface area contributed by atoms with E-state index < -0.39 is 0 Å². The number of carbonyl (C=O) groups is 1. The van der Waals surface area contributed by atoms with Crippen molar-refractivity contribution in [2.75, 3.05) is 7.05 Å². The minimum absolute atomic E-state index is 0.0860. The van der Waals surface area contributed by atoms with Gasteiger partial charge in [0.2, 0.25) is 0 Å². The van der Waals surface area contributed by atoms with Crippen LogP contribution in [0.25, 0.3) is 0 Å². The summed E-state index contributed by atoms with van der Waals surface area (Å²) < 4.78 is 5.88. The third kappa shape index (κ3) is 2.50. The lowest BCUT2D eigenvalue weighted by atomic mass is 9.87. The Kier molecular flexibility index (Phi) is 3.56. The van der Waals surface area contributed by atoms with Crippen LogP contribution in [0.4, 0.5) is 0 Å². The van der Waals surface area contributed by atoms with Crippen molar-refractivity contribution in [1.82, 2.24) is 4.90 Å². The molecule has 1 heterocycles. The molecule has 0 unspecified atom stereocenters. The number of ether oxygens (including phenoxy) is 1. The van der Waals surface area contributed by atoms with E-state index in [2.05, 4.69) is 24.3 Å². The monoisotopic (exact) mass is 307 g/mol. The lowest BCUT2D eigenvalue weighted by molar-refractivity contribution is -0.139.